The number of carbonyl (C=O) groups is 1. The van der Waals surface area contributed by atoms with Crippen LogP contribution in [-0.4, -0.2) is 55.0 Å². The molecule has 2 aliphatic heterocycles. The standard InChI is InChI=1S/C14H24N2O3S/c1-20(18,19)15-9-2-6-14(8-10-15)7-5-13(17)16(14)11-12-3-4-12/h12H,2-11H2,1H3/t14-/m1/s1. The van der Waals surface area contributed by atoms with Gasteiger partial charge in [-0.25, -0.2) is 12.7 Å². The number of sulfonamides is 1. The van der Waals surface area contributed by atoms with E-state index in [0.29, 0.717) is 25.4 Å². The summed E-state index contributed by atoms with van der Waals surface area (Å²) in [4.78, 5) is 14.3. The van der Waals surface area contributed by atoms with Crippen molar-refractivity contribution in [3.8, 4) is 0 Å². The van der Waals surface area contributed by atoms with Crippen molar-refractivity contribution in [1.29, 1.82) is 0 Å². The van der Waals surface area contributed by atoms with Crippen LogP contribution in [0.4, 0.5) is 0 Å². The van der Waals surface area contributed by atoms with Gasteiger partial charge in [0.25, 0.3) is 0 Å². The topological polar surface area (TPSA) is 57.7 Å². The monoisotopic (exact) mass is 300 g/mol. The summed E-state index contributed by atoms with van der Waals surface area (Å²) in [5, 5.41) is 0. The van der Waals surface area contributed by atoms with Crippen LogP contribution < -0.4 is 0 Å². The van der Waals surface area contributed by atoms with Crippen molar-refractivity contribution < 1.29 is 13.2 Å². The fraction of sp³-hybridized carbons (Fsp3) is 0.929. The normalized spacial score (nSPS) is 32.9. The van der Waals surface area contributed by atoms with E-state index in [0.717, 1.165) is 32.2 Å². The van der Waals surface area contributed by atoms with Gasteiger partial charge in [0, 0.05) is 31.6 Å². The highest BCUT2D eigenvalue weighted by Gasteiger charge is 2.47. The molecule has 20 heavy (non-hydrogen) atoms. The van der Waals surface area contributed by atoms with Crippen molar-refractivity contribution in [3.63, 3.8) is 0 Å². The average molecular weight is 300 g/mol. The molecule has 1 spiro atoms. The van der Waals surface area contributed by atoms with Gasteiger partial charge in [0.1, 0.15) is 0 Å². The summed E-state index contributed by atoms with van der Waals surface area (Å²) >= 11 is 0. The second kappa shape index (κ2) is 4.98. The Hall–Kier alpha value is -0.620. The second-order valence-corrected chi connectivity index (χ2v) is 8.67. The van der Waals surface area contributed by atoms with Crippen molar-refractivity contribution >= 4 is 15.9 Å². The highest BCUT2D eigenvalue weighted by atomic mass is 32.2. The number of nitrogens with zero attached hydrogens (tertiary/aromatic N) is 2. The molecule has 0 bridgehead atoms. The number of amides is 1. The quantitative estimate of drug-likeness (QED) is 0.787. The Labute approximate surface area is 121 Å². The van der Waals surface area contributed by atoms with Gasteiger partial charge in [0.2, 0.25) is 15.9 Å². The Bertz CT molecular complexity index is 501. The Balaban J connectivity index is 1.75. The molecule has 2 saturated heterocycles. The number of carbonyl (C=O) groups excluding carboxylic acids is 1. The third-order valence-corrected chi connectivity index (χ3v) is 6.46. The van der Waals surface area contributed by atoms with E-state index in [2.05, 4.69) is 4.90 Å². The van der Waals surface area contributed by atoms with Gasteiger partial charge in [-0.1, -0.05) is 0 Å². The lowest BCUT2D eigenvalue weighted by Gasteiger charge is -2.38. The fourth-order valence-corrected chi connectivity index (χ4v) is 4.62. The van der Waals surface area contributed by atoms with Gasteiger partial charge >= 0.3 is 0 Å². The van der Waals surface area contributed by atoms with Crippen LogP contribution in [-0.2, 0) is 14.8 Å². The van der Waals surface area contributed by atoms with Gasteiger partial charge in [0.05, 0.1) is 6.26 Å². The lowest BCUT2D eigenvalue weighted by Crippen LogP contribution is -2.47. The van der Waals surface area contributed by atoms with Crippen LogP contribution >= 0.6 is 0 Å². The number of rotatable bonds is 3. The number of hydrogen-bond acceptors (Lipinski definition) is 3. The summed E-state index contributed by atoms with van der Waals surface area (Å²) in [6.45, 7) is 2.07. The van der Waals surface area contributed by atoms with E-state index in [1.165, 1.54) is 19.1 Å². The molecule has 3 fully saturated rings. The fourth-order valence-electron chi connectivity index (χ4n) is 3.73. The zero-order valence-electron chi connectivity index (χ0n) is 12.2. The first-order chi connectivity index (χ1) is 9.41. The maximum atomic E-state index is 12.2. The first-order valence-corrected chi connectivity index (χ1v) is 9.51. The zero-order valence-corrected chi connectivity index (χ0v) is 13.0. The van der Waals surface area contributed by atoms with Crippen molar-refractivity contribution in [2.24, 2.45) is 5.92 Å². The molecule has 0 unspecified atom stereocenters. The van der Waals surface area contributed by atoms with E-state index in [9.17, 15) is 13.2 Å². The van der Waals surface area contributed by atoms with Gasteiger partial charge in [-0.05, 0) is 44.4 Å². The molecule has 1 saturated carbocycles. The van der Waals surface area contributed by atoms with Gasteiger partial charge in [-0.2, -0.15) is 0 Å². The molecular formula is C14H24N2O3S. The molecule has 3 rings (SSSR count). The summed E-state index contributed by atoms with van der Waals surface area (Å²) in [7, 11) is -3.11. The van der Waals surface area contributed by atoms with E-state index >= 15 is 0 Å². The minimum atomic E-state index is -3.11. The minimum absolute atomic E-state index is 0.0564. The van der Waals surface area contributed by atoms with E-state index in [-0.39, 0.29) is 11.4 Å². The number of likely N-dealkylation sites (tertiary alicyclic amines) is 1. The molecule has 2 heterocycles. The zero-order chi connectivity index (χ0) is 14.4. The smallest absolute Gasteiger partial charge is 0.223 e. The molecular weight excluding hydrogens is 276 g/mol. The maximum absolute atomic E-state index is 12.2. The molecule has 1 atom stereocenters. The third kappa shape index (κ3) is 2.72. The summed E-state index contributed by atoms with van der Waals surface area (Å²) < 4.78 is 25.0. The van der Waals surface area contributed by atoms with Gasteiger partial charge < -0.3 is 4.90 Å². The van der Waals surface area contributed by atoms with Crippen LogP contribution in [0.5, 0.6) is 0 Å². The minimum Gasteiger partial charge on any atom is -0.337 e. The molecule has 0 N–H and O–H groups in total. The molecule has 0 aromatic rings. The van der Waals surface area contributed by atoms with Crippen LogP contribution in [0.25, 0.3) is 0 Å². The lowest BCUT2D eigenvalue weighted by molar-refractivity contribution is -0.131. The van der Waals surface area contributed by atoms with Gasteiger partial charge in [-0.3, -0.25) is 4.79 Å². The first kappa shape index (κ1) is 14.3. The third-order valence-electron chi connectivity index (χ3n) is 5.16. The van der Waals surface area contributed by atoms with E-state index in [4.69, 9.17) is 0 Å². The Kier molecular flexibility index (Phi) is 3.57. The molecule has 6 heteroatoms. The van der Waals surface area contributed by atoms with Crippen molar-refractivity contribution in [2.45, 2.75) is 50.5 Å². The SMILES string of the molecule is CS(=O)(=O)N1CCC[C@@]2(CCC(=O)N2CC2CC2)CC1. The van der Waals surface area contributed by atoms with Gasteiger partial charge in [0.15, 0.2) is 0 Å². The van der Waals surface area contributed by atoms with Crippen LogP contribution in [0.3, 0.4) is 0 Å². The number of hydrogen-bond donors (Lipinski definition) is 0. The summed E-state index contributed by atoms with van der Waals surface area (Å²) in [5.74, 6) is 0.980. The molecule has 0 aromatic carbocycles. The summed E-state index contributed by atoms with van der Waals surface area (Å²) in [6, 6.07) is 0. The largest absolute Gasteiger partial charge is 0.337 e. The molecule has 1 aliphatic carbocycles. The maximum Gasteiger partial charge on any atom is 0.223 e. The molecule has 114 valence electrons. The predicted octanol–water partition coefficient (Wildman–Crippen LogP) is 1.20. The Morgan fingerprint density at radius 1 is 1.20 bits per heavy atom. The van der Waals surface area contributed by atoms with Crippen LogP contribution in [0.2, 0.25) is 0 Å². The molecule has 0 radical (unpaired) electrons. The Morgan fingerprint density at radius 3 is 2.60 bits per heavy atom. The van der Waals surface area contributed by atoms with Crippen LogP contribution in [0, 0.1) is 5.92 Å². The second-order valence-electron chi connectivity index (χ2n) is 6.69. The highest BCUT2D eigenvalue weighted by Crippen LogP contribution is 2.42. The summed E-state index contributed by atoms with van der Waals surface area (Å²) in [5.41, 5.74) is -0.0564. The van der Waals surface area contributed by atoms with Crippen LogP contribution in [0.15, 0.2) is 0 Å². The van der Waals surface area contributed by atoms with E-state index in [1.807, 2.05) is 0 Å². The average Bonchev–Trinajstić information content (AvgIpc) is 3.14. The predicted molar refractivity (Wildman–Crippen MR) is 76.7 cm³/mol. The first-order valence-electron chi connectivity index (χ1n) is 7.66. The summed E-state index contributed by atoms with van der Waals surface area (Å²) in [6.07, 6.45) is 7.96. The Morgan fingerprint density at radius 2 is 1.95 bits per heavy atom. The molecule has 1 amide bonds. The molecule has 0 aromatic heterocycles. The van der Waals surface area contributed by atoms with Gasteiger partial charge in [-0.15, -0.1) is 0 Å². The van der Waals surface area contributed by atoms with Crippen molar-refractivity contribution in [3.05, 3.63) is 0 Å². The van der Waals surface area contributed by atoms with Crippen LogP contribution in [0.1, 0.15) is 44.9 Å². The highest BCUT2D eigenvalue weighted by molar-refractivity contribution is 7.88. The van der Waals surface area contributed by atoms with E-state index in [1.54, 1.807) is 4.31 Å². The molecule has 5 nitrogen and oxygen atoms in total. The van der Waals surface area contributed by atoms with Crippen molar-refractivity contribution in [2.75, 3.05) is 25.9 Å². The van der Waals surface area contributed by atoms with E-state index < -0.39 is 10.0 Å². The van der Waals surface area contributed by atoms with Crippen molar-refractivity contribution in [1.82, 2.24) is 9.21 Å². The molecule has 3 aliphatic rings. The lowest BCUT2D eigenvalue weighted by atomic mass is 9.87.